The van der Waals surface area contributed by atoms with Crippen LogP contribution in [0, 0.1) is 0 Å². The van der Waals surface area contributed by atoms with E-state index in [2.05, 4.69) is 6.92 Å². The van der Waals surface area contributed by atoms with E-state index in [1.807, 2.05) is 0 Å². The van der Waals surface area contributed by atoms with Crippen molar-refractivity contribution in [3.63, 3.8) is 0 Å². The molecule has 0 bridgehead atoms. The van der Waals surface area contributed by atoms with Crippen LogP contribution in [-0.2, 0) is 20.4 Å². The number of rotatable bonds is 6. The van der Waals surface area contributed by atoms with Crippen molar-refractivity contribution in [3.05, 3.63) is 29.8 Å². The molecule has 16 heavy (non-hydrogen) atoms. The fourth-order valence-corrected chi connectivity index (χ4v) is 1.95. The molecule has 0 unspecified atom stereocenters. The smallest absolute Gasteiger partial charge is 0.261 e. The summed E-state index contributed by atoms with van der Waals surface area (Å²) in [5.74, 6) is 0. The fourth-order valence-electron chi connectivity index (χ4n) is 1.18. The minimum Gasteiger partial charge on any atom is -0.377 e. The zero-order chi connectivity index (χ0) is 12.0. The molecular formula is C11H15ClO3S. The van der Waals surface area contributed by atoms with Crippen molar-refractivity contribution in [2.24, 2.45) is 0 Å². The highest BCUT2D eigenvalue weighted by Crippen LogP contribution is 2.15. The van der Waals surface area contributed by atoms with Gasteiger partial charge >= 0.3 is 0 Å². The molecule has 1 aromatic rings. The quantitative estimate of drug-likeness (QED) is 0.585. The summed E-state index contributed by atoms with van der Waals surface area (Å²) < 4.78 is 27.4. The summed E-state index contributed by atoms with van der Waals surface area (Å²) in [5, 5.41) is 0. The van der Waals surface area contributed by atoms with Crippen molar-refractivity contribution >= 4 is 19.7 Å². The first-order valence-electron chi connectivity index (χ1n) is 5.15. The van der Waals surface area contributed by atoms with E-state index < -0.39 is 9.05 Å². The maximum absolute atomic E-state index is 11.0. The van der Waals surface area contributed by atoms with Crippen molar-refractivity contribution in [3.8, 4) is 0 Å². The number of ether oxygens (including phenoxy) is 1. The molecule has 0 fully saturated rings. The molecule has 0 aliphatic rings. The van der Waals surface area contributed by atoms with E-state index in [1.54, 1.807) is 12.1 Å². The van der Waals surface area contributed by atoms with Gasteiger partial charge in [-0.1, -0.05) is 25.5 Å². The van der Waals surface area contributed by atoms with Gasteiger partial charge in [0.2, 0.25) is 0 Å². The maximum Gasteiger partial charge on any atom is 0.261 e. The Bertz CT molecular complexity index is 411. The molecule has 1 aromatic carbocycles. The van der Waals surface area contributed by atoms with Crippen molar-refractivity contribution in [2.75, 3.05) is 6.61 Å². The van der Waals surface area contributed by atoms with Gasteiger partial charge in [0.15, 0.2) is 0 Å². The average Bonchev–Trinajstić information content (AvgIpc) is 2.24. The second-order valence-corrected chi connectivity index (χ2v) is 6.05. The van der Waals surface area contributed by atoms with Crippen molar-refractivity contribution < 1.29 is 13.2 Å². The molecule has 0 aromatic heterocycles. The van der Waals surface area contributed by atoms with E-state index in [0.29, 0.717) is 6.61 Å². The lowest BCUT2D eigenvalue weighted by molar-refractivity contribution is 0.118. The molecule has 0 saturated heterocycles. The van der Waals surface area contributed by atoms with E-state index >= 15 is 0 Å². The molecule has 90 valence electrons. The van der Waals surface area contributed by atoms with Gasteiger partial charge in [-0.2, -0.15) is 0 Å². The molecule has 0 aliphatic carbocycles. The Balaban J connectivity index is 2.52. The summed E-state index contributed by atoms with van der Waals surface area (Å²) in [4.78, 5) is 0.117. The van der Waals surface area contributed by atoms with Crippen LogP contribution < -0.4 is 0 Å². The summed E-state index contributed by atoms with van der Waals surface area (Å²) in [7, 11) is 1.58. The Morgan fingerprint density at radius 3 is 2.38 bits per heavy atom. The van der Waals surface area contributed by atoms with Gasteiger partial charge in [0.1, 0.15) is 0 Å². The predicted molar refractivity (Wildman–Crippen MR) is 64.0 cm³/mol. The lowest BCUT2D eigenvalue weighted by Gasteiger charge is -2.03. The molecule has 0 atom stereocenters. The molecule has 0 saturated carbocycles. The Morgan fingerprint density at radius 2 is 1.88 bits per heavy atom. The minimum atomic E-state index is -3.62. The Morgan fingerprint density at radius 1 is 1.25 bits per heavy atom. The third-order valence-corrected chi connectivity index (χ3v) is 3.49. The molecule has 1 rings (SSSR count). The molecule has 0 radical (unpaired) electrons. The van der Waals surface area contributed by atoms with Gasteiger partial charge in [-0.3, -0.25) is 0 Å². The molecule has 3 nitrogen and oxygen atoms in total. The van der Waals surface area contributed by atoms with Gasteiger partial charge in [-0.05, 0) is 24.1 Å². The first-order chi connectivity index (χ1) is 7.54. The molecule has 0 N–H and O–H groups in total. The number of hydrogen-bond acceptors (Lipinski definition) is 3. The predicted octanol–water partition coefficient (Wildman–Crippen LogP) is 2.93. The lowest BCUT2D eigenvalue weighted by Crippen LogP contribution is -1.96. The van der Waals surface area contributed by atoms with Gasteiger partial charge in [0.25, 0.3) is 9.05 Å². The Labute approximate surface area is 101 Å². The first kappa shape index (κ1) is 13.5. The van der Waals surface area contributed by atoms with Crippen LogP contribution in [0.25, 0.3) is 0 Å². The van der Waals surface area contributed by atoms with Crippen molar-refractivity contribution in [2.45, 2.75) is 31.3 Å². The van der Waals surface area contributed by atoms with Gasteiger partial charge in [0, 0.05) is 17.3 Å². The molecular weight excluding hydrogens is 248 g/mol. The van der Waals surface area contributed by atoms with E-state index in [-0.39, 0.29) is 4.90 Å². The largest absolute Gasteiger partial charge is 0.377 e. The minimum absolute atomic E-state index is 0.117. The topological polar surface area (TPSA) is 43.4 Å². The number of benzene rings is 1. The van der Waals surface area contributed by atoms with Gasteiger partial charge in [-0.25, -0.2) is 8.42 Å². The summed E-state index contributed by atoms with van der Waals surface area (Å²) >= 11 is 0. The molecule has 0 aliphatic heterocycles. The number of unbranched alkanes of at least 4 members (excludes halogenated alkanes) is 1. The van der Waals surface area contributed by atoms with Crippen LogP contribution >= 0.6 is 10.7 Å². The van der Waals surface area contributed by atoms with E-state index in [4.69, 9.17) is 15.4 Å². The SMILES string of the molecule is CCCCOCc1ccc(S(=O)(=O)Cl)cc1. The average molecular weight is 263 g/mol. The zero-order valence-corrected chi connectivity index (χ0v) is 10.7. The second kappa shape index (κ2) is 6.23. The van der Waals surface area contributed by atoms with Crippen LogP contribution in [0.3, 0.4) is 0 Å². The lowest BCUT2D eigenvalue weighted by atomic mass is 10.2. The third kappa shape index (κ3) is 4.51. The second-order valence-electron chi connectivity index (χ2n) is 3.49. The maximum atomic E-state index is 11.0. The molecule has 0 heterocycles. The molecule has 0 spiro atoms. The highest BCUT2D eigenvalue weighted by molar-refractivity contribution is 8.13. The van der Waals surface area contributed by atoms with Gasteiger partial charge < -0.3 is 4.74 Å². The van der Waals surface area contributed by atoms with Gasteiger partial charge in [0.05, 0.1) is 11.5 Å². The van der Waals surface area contributed by atoms with Crippen molar-refractivity contribution in [1.82, 2.24) is 0 Å². The van der Waals surface area contributed by atoms with Crippen LogP contribution in [0.5, 0.6) is 0 Å². The standard InChI is InChI=1S/C11H15ClO3S/c1-2-3-8-15-9-10-4-6-11(7-5-10)16(12,13)14/h4-7H,2-3,8-9H2,1H3. The normalized spacial score (nSPS) is 11.6. The van der Waals surface area contributed by atoms with Crippen LogP contribution in [0.4, 0.5) is 0 Å². The Hall–Kier alpha value is -0.580. The van der Waals surface area contributed by atoms with Crippen LogP contribution in [0.1, 0.15) is 25.3 Å². The highest BCUT2D eigenvalue weighted by atomic mass is 35.7. The Kier molecular flexibility index (Phi) is 5.25. The van der Waals surface area contributed by atoms with E-state index in [0.717, 1.165) is 25.0 Å². The van der Waals surface area contributed by atoms with E-state index in [9.17, 15) is 8.42 Å². The molecule has 5 heteroatoms. The summed E-state index contributed by atoms with van der Waals surface area (Å²) in [6, 6.07) is 6.39. The monoisotopic (exact) mass is 262 g/mol. The molecule has 0 amide bonds. The van der Waals surface area contributed by atoms with Crippen LogP contribution in [0.2, 0.25) is 0 Å². The zero-order valence-electron chi connectivity index (χ0n) is 9.15. The number of halogens is 1. The third-order valence-electron chi connectivity index (χ3n) is 2.12. The highest BCUT2D eigenvalue weighted by Gasteiger charge is 2.08. The first-order valence-corrected chi connectivity index (χ1v) is 7.46. The fraction of sp³-hybridized carbons (Fsp3) is 0.455. The summed E-state index contributed by atoms with van der Waals surface area (Å²) in [6.07, 6.45) is 2.14. The number of hydrogen-bond donors (Lipinski definition) is 0. The van der Waals surface area contributed by atoms with Crippen LogP contribution in [-0.4, -0.2) is 15.0 Å². The van der Waals surface area contributed by atoms with Crippen molar-refractivity contribution in [1.29, 1.82) is 0 Å². The van der Waals surface area contributed by atoms with E-state index in [1.165, 1.54) is 12.1 Å². The van der Waals surface area contributed by atoms with Gasteiger partial charge in [-0.15, -0.1) is 0 Å². The van der Waals surface area contributed by atoms with Crippen LogP contribution in [0.15, 0.2) is 29.2 Å². The summed E-state index contributed by atoms with van der Waals surface area (Å²) in [6.45, 7) is 3.33. The summed E-state index contributed by atoms with van der Waals surface area (Å²) in [5.41, 5.74) is 0.945.